The van der Waals surface area contributed by atoms with E-state index >= 15 is 0 Å². The van der Waals surface area contributed by atoms with Crippen molar-refractivity contribution in [3.05, 3.63) is 28.7 Å². The first-order valence-corrected chi connectivity index (χ1v) is 6.17. The Morgan fingerprint density at radius 1 is 1.44 bits per heavy atom. The van der Waals surface area contributed by atoms with Crippen LogP contribution in [0.2, 0.25) is 0 Å². The molecule has 0 aliphatic heterocycles. The van der Waals surface area contributed by atoms with Crippen LogP contribution in [0.25, 0.3) is 0 Å². The maximum atomic E-state index is 5.67. The van der Waals surface area contributed by atoms with Gasteiger partial charge in [-0.05, 0) is 38.7 Å². The zero-order chi connectivity index (χ0) is 12.0. The molecule has 0 saturated heterocycles. The van der Waals surface area contributed by atoms with Crippen molar-refractivity contribution in [2.75, 3.05) is 27.2 Å². The minimum atomic E-state index is 0.382. The molecule has 0 saturated carbocycles. The number of likely N-dealkylation sites (N-methyl/N-ethyl adjacent to an activating group) is 1. The Bertz CT molecular complexity index is 318. The molecule has 0 spiro atoms. The van der Waals surface area contributed by atoms with E-state index in [0.29, 0.717) is 19.2 Å². The van der Waals surface area contributed by atoms with Gasteiger partial charge in [-0.2, -0.15) is 0 Å². The summed E-state index contributed by atoms with van der Waals surface area (Å²) in [4.78, 5) is 2.13. The lowest BCUT2D eigenvalue weighted by Crippen LogP contribution is -2.36. The Hall–Kier alpha value is -0.580. The van der Waals surface area contributed by atoms with Crippen LogP contribution < -0.4 is 10.5 Å². The fourth-order valence-electron chi connectivity index (χ4n) is 1.46. The van der Waals surface area contributed by atoms with E-state index in [9.17, 15) is 0 Å². The highest BCUT2D eigenvalue weighted by atomic mass is 79.9. The van der Waals surface area contributed by atoms with E-state index in [-0.39, 0.29) is 0 Å². The minimum Gasteiger partial charge on any atom is -0.493 e. The van der Waals surface area contributed by atoms with Gasteiger partial charge in [0.2, 0.25) is 0 Å². The Kier molecular flexibility index (Phi) is 5.80. The lowest BCUT2D eigenvalue weighted by molar-refractivity contribution is 0.225. The molecule has 1 aromatic rings. The van der Waals surface area contributed by atoms with Gasteiger partial charge in [0.25, 0.3) is 0 Å². The van der Waals surface area contributed by atoms with Gasteiger partial charge in [0.1, 0.15) is 5.75 Å². The number of nitrogens with two attached hydrogens (primary N) is 1. The molecular formula is C12H19BrN2O. The molecule has 0 aliphatic rings. The quantitative estimate of drug-likeness (QED) is 0.871. The van der Waals surface area contributed by atoms with E-state index < -0.39 is 0 Å². The third-order valence-electron chi connectivity index (χ3n) is 2.52. The SMILES string of the molecule is CN(C)C(CN)CCOc1cccc(Br)c1. The monoisotopic (exact) mass is 286 g/mol. The number of hydrogen-bond donors (Lipinski definition) is 1. The van der Waals surface area contributed by atoms with Crippen LogP contribution in [0, 0.1) is 0 Å². The highest BCUT2D eigenvalue weighted by molar-refractivity contribution is 9.10. The molecule has 1 aromatic carbocycles. The second-order valence-electron chi connectivity index (χ2n) is 3.95. The van der Waals surface area contributed by atoms with Crippen molar-refractivity contribution >= 4 is 15.9 Å². The third kappa shape index (κ3) is 4.51. The van der Waals surface area contributed by atoms with Crippen LogP contribution in [0.3, 0.4) is 0 Å². The van der Waals surface area contributed by atoms with Crippen molar-refractivity contribution in [1.82, 2.24) is 4.90 Å². The zero-order valence-corrected chi connectivity index (χ0v) is 11.4. The number of ether oxygens (including phenoxy) is 1. The van der Waals surface area contributed by atoms with Crippen LogP contribution in [-0.4, -0.2) is 38.2 Å². The normalized spacial score (nSPS) is 12.8. The van der Waals surface area contributed by atoms with Crippen LogP contribution in [0.5, 0.6) is 5.75 Å². The van der Waals surface area contributed by atoms with Crippen molar-refractivity contribution < 1.29 is 4.74 Å². The van der Waals surface area contributed by atoms with Crippen molar-refractivity contribution in [2.45, 2.75) is 12.5 Å². The fourth-order valence-corrected chi connectivity index (χ4v) is 1.83. The number of rotatable bonds is 6. The van der Waals surface area contributed by atoms with Crippen molar-refractivity contribution in [2.24, 2.45) is 5.73 Å². The number of halogens is 1. The van der Waals surface area contributed by atoms with Crippen LogP contribution in [0.15, 0.2) is 28.7 Å². The molecule has 4 heteroatoms. The predicted octanol–water partition coefficient (Wildman–Crippen LogP) is 2.11. The summed E-state index contributed by atoms with van der Waals surface area (Å²) in [6, 6.07) is 8.25. The van der Waals surface area contributed by atoms with E-state index in [2.05, 4.69) is 20.8 Å². The summed E-state index contributed by atoms with van der Waals surface area (Å²) in [5.41, 5.74) is 5.67. The van der Waals surface area contributed by atoms with Gasteiger partial charge < -0.3 is 15.4 Å². The summed E-state index contributed by atoms with van der Waals surface area (Å²) in [6.07, 6.45) is 0.940. The van der Waals surface area contributed by atoms with Crippen molar-refractivity contribution in [3.63, 3.8) is 0 Å². The summed E-state index contributed by atoms with van der Waals surface area (Å²) in [7, 11) is 4.08. The summed E-state index contributed by atoms with van der Waals surface area (Å²) in [6.45, 7) is 1.35. The van der Waals surface area contributed by atoms with Gasteiger partial charge in [0, 0.05) is 17.1 Å². The highest BCUT2D eigenvalue weighted by Gasteiger charge is 2.08. The molecule has 2 N–H and O–H groups in total. The second-order valence-corrected chi connectivity index (χ2v) is 4.86. The Labute approximate surface area is 106 Å². The standard InChI is InChI=1S/C12H19BrN2O/c1-15(2)11(9-14)6-7-16-12-5-3-4-10(13)8-12/h3-5,8,11H,6-7,9,14H2,1-2H3. The van der Waals surface area contributed by atoms with E-state index in [1.807, 2.05) is 38.4 Å². The van der Waals surface area contributed by atoms with Gasteiger partial charge in [0.05, 0.1) is 6.61 Å². The average Bonchev–Trinajstić information content (AvgIpc) is 2.24. The Morgan fingerprint density at radius 2 is 2.19 bits per heavy atom. The Balaban J connectivity index is 2.35. The van der Waals surface area contributed by atoms with E-state index in [1.165, 1.54) is 0 Å². The molecule has 3 nitrogen and oxygen atoms in total. The molecule has 16 heavy (non-hydrogen) atoms. The molecule has 0 aliphatic carbocycles. The topological polar surface area (TPSA) is 38.5 Å². The molecule has 0 radical (unpaired) electrons. The Morgan fingerprint density at radius 3 is 2.75 bits per heavy atom. The average molecular weight is 287 g/mol. The van der Waals surface area contributed by atoms with Gasteiger partial charge >= 0.3 is 0 Å². The molecule has 1 rings (SSSR count). The molecule has 0 fully saturated rings. The lowest BCUT2D eigenvalue weighted by atomic mass is 10.2. The maximum Gasteiger partial charge on any atom is 0.120 e. The van der Waals surface area contributed by atoms with Crippen molar-refractivity contribution in [1.29, 1.82) is 0 Å². The maximum absolute atomic E-state index is 5.67. The van der Waals surface area contributed by atoms with Crippen molar-refractivity contribution in [3.8, 4) is 5.75 Å². The third-order valence-corrected chi connectivity index (χ3v) is 3.01. The summed E-state index contributed by atoms with van der Waals surface area (Å²) in [5.74, 6) is 0.893. The van der Waals surface area contributed by atoms with Crippen LogP contribution in [0.1, 0.15) is 6.42 Å². The van der Waals surface area contributed by atoms with E-state index in [4.69, 9.17) is 10.5 Å². The summed E-state index contributed by atoms with van der Waals surface area (Å²) in [5, 5.41) is 0. The molecule has 0 bridgehead atoms. The first kappa shape index (κ1) is 13.5. The summed E-state index contributed by atoms with van der Waals surface area (Å²) < 4.78 is 6.69. The van der Waals surface area contributed by atoms with Crippen LogP contribution >= 0.6 is 15.9 Å². The summed E-state index contributed by atoms with van der Waals surface area (Å²) >= 11 is 3.41. The van der Waals surface area contributed by atoms with E-state index in [1.54, 1.807) is 0 Å². The smallest absolute Gasteiger partial charge is 0.120 e. The van der Waals surface area contributed by atoms with Gasteiger partial charge in [-0.15, -0.1) is 0 Å². The second kappa shape index (κ2) is 6.89. The highest BCUT2D eigenvalue weighted by Crippen LogP contribution is 2.18. The largest absolute Gasteiger partial charge is 0.493 e. The van der Waals surface area contributed by atoms with Crippen LogP contribution in [0.4, 0.5) is 0 Å². The molecule has 0 aromatic heterocycles. The zero-order valence-electron chi connectivity index (χ0n) is 9.82. The molecule has 90 valence electrons. The predicted molar refractivity (Wildman–Crippen MR) is 70.8 cm³/mol. The number of nitrogens with zero attached hydrogens (tertiary/aromatic N) is 1. The van der Waals surface area contributed by atoms with E-state index in [0.717, 1.165) is 16.6 Å². The van der Waals surface area contributed by atoms with Gasteiger partial charge in [-0.1, -0.05) is 22.0 Å². The molecule has 1 unspecified atom stereocenters. The number of hydrogen-bond acceptors (Lipinski definition) is 3. The van der Waals surface area contributed by atoms with Crippen LogP contribution in [-0.2, 0) is 0 Å². The first-order valence-electron chi connectivity index (χ1n) is 5.38. The minimum absolute atomic E-state index is 0.382. The van der Waals surface area contributed by atoms with Gasteiger partial charge in [-0.3, -0.25) is 0 Å². The molecule has 0 amide bonds. The molecule has 0 heterocycles. The lowest BCUT2D eigenvalue weighted by Gasteiger charge is -2.22. The van der Waals surface area contributed by atoms with Gasteiger partial charge in [0.15, 0.2) is 0 Å². The number of benzene rings is 1. The molecule has 1 atom stereocenters. The van der Waals surface area contributed by atoms with Gasteiger partial charge in [-0.25, -0.2) is 0 Å². The molecular weight excluding hydrogens is 268 g/mol. The fraction of sp³-hybridized carbons (Fsp3) is 0.500. The first-order chi connectivity index (χ1) is 7.63.